The van der Waals surface area contributed by atoms with Crippen LogP contribution in [0.3, 0.4) is 0 Å². The molecule has 5 nitrogen and oxygen atoms in total. The lowest BCUT2D eigenvalue weighted by Crippen LogP contribution is -2.48. The normalized spacial score (nSPS) is 22.7. The van der Waals surface area contributed by atoms with Crippen LogP contribution in [0.25, 0.3) is 0 Å². The number of pyridine rings is 1. The van der Waals surface area contributed by atoms with Crippen LogP contribution in [-0.2, 0) is 6.54 Å². The molecule has 142 valence electrons. The highest BCUT2D eigenvalue weighted by Gasteiger charge is 2.37. The van der Waals surface area contributed by atoms with Gasteiger partial charge in [-0.25, -0.2) is 4.39 Å². The predicted octanol–water partition coefficient (Wildman–Crippen LogP) is 2.56. The van der Waals surface area contributed by atoms with Crippen molar-refractivity contribution in [2.24, 2.45) is 5.92 Å². The number of benzene rings is 1. The number of rotatable bonds is 3. The van der Waals surface area contributed by atoms with Crippen molar-refractivity contribution >= 4 is 5.91 Å². The molecular weight excluding hydrogens is 345 g/mol. The molecule has 2 atom stereocenters. The molecule has 0 saturated carbocycles. The van der Waals surface area contributed by atoms with Gasteiger partial charge in [-0.3, -0.25) is 14.5 Å². The first-order chi connectivity index (χ1) is 13.0. The van der Waals surface area contributed by atoms with Crippen molar-refractivity contribution in [2.45, 2.75) is 32.4 Å². The Bertz CT molecular complexity index is 893. The number of carbonyl (C=O) groups is 1. The zero-order chi connectivity index (χ0) is 19.0. The molecule has 1 aromatic carbocycles. The summed E-state index contributed by atoms with van der Waals surface area (Å²) in [7, 11) is 0. The lowest BCUT2D eigenvalue weighted by molar-refractivity contribution is 0.0583. The second-order valence-corrected chi connectivity index (χ2v) is 7.77. The number of aromatic amines is 1. The lowest BCUT2D eigenvalue weighted by Gasteiger charge is -2.36. The van der Waals surface area contributed by atoms with Crippen LogP contribution in [0.2, 0.25) is 0 Å². The largest absolute Gasteiger partial charge is 0.364 e. The van der Waals surface area contributed by atoms with Gasteiger partial charge in [0.25, 0.3) is 5.91 Å². The summed E-state index contributed by atoms with van der Waals surface area (Å²) in [5.74, 6) is 0.00189. The highest BCUT2D eigenvalue weighted by Crippen LogP contribution is 2.29. The number of halogens is 1. The maximum Gasteiger partial charge on any atom is 0.259 e. The second kappa shape index (κ2) is 7.27. The average Bonchev–Trinajstić information content (AvgIpc) is 2.94. The number of hydrogen-bond donors (Lipinski definition) is 1. The molecule has 3 aliphatic heterocycles. The fourth-order valence-electron chi connectivity index (χ4n) is 4.30. The average molecular weight is 369 g/mol. The molecule has 27 heavy (non-hydrogen) atoms. The Hall–Kier alpha value is -2.47. The second-order valence-electron chi connectivity index (χ2n) is 7.77. The number of hydrogen-bond acceptors (Lipinski definition) is 3. The summed E-state index contributed by atoms with van der Waals surface area (Å²) >= 11 is 0. The summed E-state index contributed by atoms with van der Waals surface area (Å²) in [6, 6.07) is 8.19. The third-order valence-corrected chi connectivity index (χ3v) is 5.66. The van der Waals surface area contributed by atoms with Gasteiger partial charge in [-0.15, -0.1) is 0 Å². The van der Waals surface area contributed by atoms with Crippen molar-refractivity contribution in [3.05, 3.63) is 69.4 Å². The van der Waals surface area contributed by atoms with Gasteiger partial charge in [0.15, 0.2) is 5.43 Å². The Morgan fingerprint density at radius 1 is 1.19 bits per heavy atom. The molecule has 5 rings (SSSR count). The summed E-state index contributed by atoms with van der Waals surface area (Å²) in [4.78, 5) is 32.5. The van der Waals surface area contributed by atoms with Gasteiger partial charge in [-0.2, -0.15) is 0 Å². The van der Waals surface area contributed by atoms with Crippen molar-refractivity contribution in [3.63, 3.8) is 0 Å². The van der Waals surface area contributed by atoms with Gasteiger partial charge in [0.05, 0.1) is 0 Å². The minimum absolute atomic E-state index is 0.109. The molecule has 1 amide bonds. The van der Waals surface area contributed by atoms with Crippen LogP contribution in [0.15, 0.2) is 41.3 Å². The van der Waals surface area contributed by atoms with Gasteiger partial charge in [0.2, 0.25) is 0 Å². The van der Waals surface area contributed by atoms with E-state index in [1.807, 2.05) is 17.0 Å². The van der Waals surface area contributed by atoms with Crippen LogP contribution in [0, 0.1) is 18.7 Å². The van der Waals surface area contributed by atoms with E-state index in [1.165, 1.54) is 24.4 Å². The van der Waals surface area contributed by atoms with Gasteiger partial charge in [-0.05, 0) is 43.4 Å². The van der Waals surface area contributed by atoms with Crippen LogP contribution in [0.5, 0.6) is 0 Å². The van der Waals surface area contributed by atoms with E-state index in [-0.39, 0.29) is 28.8 Å². The topological polar surface area (TPSA) is 56.4 Å². The summed E-state index contributed by atoms with van der Waals surface area (Å²) in [5, 5.41) is 0. The molecule has 2 bridgehead atoms. The molecule has 0 spiro atoms. The summed E-state index contributed by atoms with van der Waals surface area (Å²) < 4.78 is 13.1. The number of aryl methyl sites for hydroxylation is 1. The maximum atomic E-state index is 13.1. The first kappa shape index (κ1) is 17.9. The molecular formula is C21H24FN3O2. The van der Waals surface area contributed by atoms with Crippen LogP contribution < -0.4 is 5.43 Å². The summed E-state index contributed by atoms with van der Waals surface area (Å²) in [6.07, 6.45) is 3.59. The SMILES string of the molecule is Cc1cc(=O)c(C(=O)N2CC3CCC2CN(Cc2ccc(F)cc2)C3)c[nH]1. The van der Waals surface area contributed by atoms with E-state index in [0.717, 1.165) is 43.7 Å². The number of amides is 1. The molecule has 3 saturated heterocycles. The Morgan fingerprint density at radius 2 is 1.96 bits per heavy atom. The third kappa shape index (κ3) is 3.81. The van der Waals surface area contributed by atoms with E-state index >= 15 is 0 Å². The van der Waals surface area contributed by atoms with E-state index in [0.29, 0.717) is 12.5 Å². The zero-order valence-electron chi connectivity index (χ0n) is 15.5. The van der Waals surface area contributed by atoms with Crippen LogP contribution in [0.4, 0.5) is 4.39 Å². The molecule has 3 fully saturated rings. The lowest BCUT2D eigenvalue weighted by atomic mass is 9.94. The first-order valence-electron chi connectivity index (χ1n) is 9.46. The van der Waals surface area contributed by atoms with Gasteiger partial charge in [-0.1, -0.05) is 12.1 Å². The van der Waals surface area contributed by atoms with E-state index in [1.54, 1.807) is 6.92 Å². The molecule has 1 N–H and O–H groups in total. The predicted molar refractivity (Wildman–Crippen MR) is 101 cm³/mol. The van der Waals surface area contributed by atoms with Gasteiger partial charge in [0.1, 0.15) is 11.4 Å². The molecule has 2 unspecified atom stereocenters. The van der Waals surface area contributed by atoms with Crippen molar-refractivity contribution in [2.75, 3.05) is 19.6 Å². The van der Waals surface area contributed by atoms with E-state index in [2.05, 4.69) is 9.88 Å². The molecule has 0 radical (unpaired) electrons. The molecule has 4 heterocycles. The minimum Gasteiger partial charge on any atom is -0.364 e. The van der Waals surface area contributed by atoms with E-state index in [4.69, 9.17) is 0 Å². The number of fused-ring (bicyclic) bond motifs is 4. The fourth-order valence-corrected chi connectivity index (χ4v) is 4.30. The number of carbonyl (C=O) groups excluding carboxylic acids is 1. The molecule has 1 aromatic heterocycles. The summed E-state index contributed by atoms with van der Waals surface area (Å²) in [6.45, 7) is 4.94. The molecule has 0 aliphatic carbocycles. The van der Waals surface area contributed by atoms with Crippen LogP contribution in [0.1, 0.15) is 34.5 Å². The Labute approximate surface area is 157 Å². The van der Waals surface area contributed by atoms with Crippen LogP contribution in [-0.4, -0.2) is 46.4 Å². The maximum absolute atomic E-state index is 13.1. The number of H-pyrrole nitrogens is 1. The highest BCUT2D eigenvalue weighted by molar-refractivity contribution is 5.94. The highest BCUT2D eigenvalue weighted by atomic mass is 19.1. The third-order valence-electron chi connectivity index (χ3n) is 5.66. The quantitative estimate of drug-likeness (QED) is 0.905. The number of aromatic nitrogens is 1. The van der Waals surface area contributed by atoms with Gasteiger partial charge < -0.3 is 9.88 Å². The number of piperidine rings is 1. The van der Waals surface area contributed by atoms with Crippen LogP contribution >= 0.6 is 0 Å². The smallest absolute Gasteiger partial charge is 0.259 e. The molecule has 6 heteroatoms. The van der Waals surface area contributed by atoms with Crippen molar-refractivity contribution in [1.29, 1.82) is 0 Å². The van der Waals surface area contributed by atoms with Crippen molar-refractivity contribution in [1.82, 2.24) is 14.8 Å². The van der Waals surface area contributed by atoms with Crippen molar-refractivity contribution in [3.8, 4) is 0 Å². The molecule has 3 aliphatic rings. The first-order valence-corrected chi connectivity index (χ1v) is 9.46. The van der Waals surface area contributed by atoms with Gasteiger partial charge in [0, 0.05) is 50.2 Å². The van der Waals surface area contributed by atoms with E-state index < -0.39 is 0 Å². The standard InChI is InChI=1S/C21H24FN3O2/c1-14-8-20(26)19(9-23-14)21(27)25-12-16-4-7-18(25)13-24(11-16)10-15-2-5-17(22)6-3-15/h2-3,5-6,8-9,16,18H,4,7,10-13H2,1H3,(H,23,26). The monoisotopic (exact) mass is 369 g/mol. The number of nitrogens with zero attached hydrogens (tertiary/aromatic N) is 2. The summed E-state index contributed by atoms with van der Waals surface area (Å²) in [5.41, 5.74) is 1.82. The van der Waals surface area contributed by atoms with E-state index in [9.17, 15) is 14.0 Å². The Morgan fingerprint density at radius 3 is 2.70 bits per heavy atom. The Balaban J connectivity index is 1.51. The minimum atomic E-state index is -0.227. The number of nitrogens with one attached hydrogen (secondary N) is 1. The zero-order valence-corrected chi connectivity index (χ0v) is 15.5. The molecule has 2 aromatic rings. The van der Waals surface area contributed by atoms with Gasteiger partial charge >= 0.3 is 0 Å². The van der Waals surface area contributed by atoms with Crippen molar-refractivity contribution < 1.29 is 9.18 Å². The Kier molecular flexibility index (Phi) is 4.83. The fraction of sp³-hybridized carbons (Fsp3) is 0.429.